The molecule has 0 aliphatic rings. The number of hydrogen-bond donors (Lipinski definition) is 2. The van der Waals surface area contributed by atoms with Gasteiger partial charge in [-0.25, -0.2) is 13.8 Å². The van der Waals surface area contributed by atoms with Crippen molar-refractivity contribution in [2.75, 3.05) is 22.4 Å². The molecule has 3 rings (SSSR count). The van der Waals surface area contributed by atoms with Crippen LogP contribution >= 0.6 is 23.2 Å². The molecule has 0 aliphatic heterocycles. The molecule has 2 amide bonds. The summed E-state index contributed by atoms with van der Waals surface area (Å²) in [5.74, 6) is -0.959. The second kappa shape index (κ2) is 11.6. The lowest BCUT2D eigenvalue weighted by Crippen LogP contribution is -2.39. The summed E-state index contributed by atoms with van der Waals surface area (Å²) >= 11 is 12.0. The molecule has 3 aromatic rings. The van der Waals surface area contributed by atoms with Crippen molar-refractivity contribution in [3.8, 4) is 0 Å². The number of nitrogens with one attached hydrogen (secondary N) is 2. The number of halogens is 2. The Balaban J connectivity index is 1.71. The SMILES string of the molecule is C/C(=N/NC(=O)CN(c1cc(Cl)ccc1C)S(C)(=O)=O)c1cccc(NC(=O)c2cccc(Cl)c2)c1. The largest absolute Gasteiger partial charge is 0.322 e. The monoisotopic (exact) mass is 546 g/mol. The van der Waals surface area contributed by atoms with Crippen LogP contribution in [0.4, 0.5) is 11.4 Å². The fraction of sp³-hybridized carbons (Fsp3) is 0.160. The third-order valence-electron chi connectivity index (χ3n) is 5.10. The van der Waals surface area contributed by atoms with Crippen molar-refractivity contribution in [1.29, 1.82) is 0 Å². The van der Waals surface area contributed by atoms with Crippen molar-refractivity contribution in [2.45, 2.75) is 13.8 Å². The van der Waals surface area contributed by atoms with Gasteiger partial charge in [0.25, 0.3) is 11.8 Å². The number of sulfonamides is 1. The van der Waals surface area contributed by atoms with Gasteiger partial charge in [0.15, 0.2) is 0 Å². The molecule has 0 aliphatic carbocycles. The van der Waals surface area contributed by atoms with Crippen LogP contribution in [0, 0.1) is 6.92 Å². The smallest absolute Gasteiger partial charge is 0.260 e. The van der Waals surface area contributed by atoms with E-state index in [1.165, 1.54) is 6.07 Å². The van der Waals surface area contributed by atoms with Crippen molar-refractivity contribution in [2.24, 2.45) is 5.10 Å². The summed E-state index contributed by atoms with van der Waals surface area (Å²) in [7, 11) is -3.77. The highest BCUT2D eigenvalue weighted by molar-refractivity contribution is 7.92. The second-order valence-corrected chi connectivity index (χ2v) is 10.8. The van der Waals surface area contributed by atoms with Gasteiger partial charge in [-0.05, 0) is 67.4 Å². The molecule has 36 heavy (non-hydrogen) atoms. The average Bonchev–Trinajstić information content (AvgIpc) is 2.82. The van der Waals surface area contributed by atoms with E-state index in [4.69, 9.17) is 23.2 Å². The summed E-state index contributed by atoms with van der Waals surface area (Å²) in [6.07, 6.45) is 1.01. The maximum absolute atomic E-state index is 12.6. The zero-order chi connectivity index (χ0) is 26.5. The first-order valence-corrected chi connectivity index (χ1v) is 13.3. The maximum atomic E-state index is 12.6. The summed E-state index contributed by atoms with van der Waals surface area (Å²) in [6.45, 7) is 2.92. The van der Waals surface area contributed by atoms with E-state index in [9.17, 15) is 18.0 Å². The van der Waals surface area contributed by atoms with Gasteiger partial charge >= 0.3 is 0 Å². The quantitative estimate of drug-likeness (QED) is 0.310. The number of nitrogens with zero attached hydrogens (tertiary/aromatic N) is 2. The minimum Gasteiger partial charge on any atom is -0.322 e. The van der Waals surface area contributed by atoms with E-state index in [1.54, 1.807) is 74.5 Å². The molecular formula is C25H24Cl2N4O4S. The van der Waals surface area contributed by atoms with Gasteiger partial charge in [-0.3, -0.25) is 13.9 Å². The lowest BCUT2D eigenvalue weighted by molar-refractivity contribution is -0.119. The number of hydrogen-bond acceptors (Lipinski definition) is 5. The first-order chi connectivity index (χ1) is 16.9. The van der Waals surface area contributed by atoms with Gasteiger partial charge in [0.1, 0.15) is 6.54 Å². The number of rotatable bonds is 8. The highest BCUT2D eigenvalue weighted by Gasteiger charge is 2.22. The molecule has 0 saturated carbocycles. The lowest BCUT2D eigenvalue weighted by atomic mass is 10.1. The molecular weight excluding hydrogens is 523 g/mol. The Labute approximate surface area is 220 Å². The zero-order valence-electron chi connectivity index (χ0n) is 19.7. The minimum absolute atomic E-state index is 0.309. The third-order valence-corrected chi connectivity index (χ3v) is 6.70. The lowest BCUT2D eigenvalue weighted by Gasteiger charge is -2.23. The van der Waals surface area contributed by atoms with E-state index in [0.717, 1.165) is 10.6 Å². The Kier molecular flexibility index (Phi) is 8.73. The molecule has 0 bridgehead atoms. The highest BCUT2D eigenvalue weighted by Crippen LogP contribution is 2.26. The van der Waals surface area contributed by atoms with Gasteiger partial charge in [-0.1, -0.05) is 47.5 Å². The molecule has 188 valence electrons. The standard InChI is InChI=1S/C25H24Cl2N4O4S/c1-16-10-11-21(27)14-23(16)31(36(3,34)35)15-24(32)30-29-17(2)18-6-5-9-22(13-18)28-25(33)19-7-4-8-20(26)12-19/h4-14H,15H2,1-3H3,(H,28,33)(H,30,32)/b29-17-. The maximum Gasteiger partial charge on any atom is 0.260 e. The van der Waals surface area contributed by atoms with Crippen LogP contribution in [0.5, 0.6) is 0 Å². The molecule has 2 N–H and O–H groups in total. The van der Waals surface area contributed by atoms with Crippen LogP contribution in [0.15, 0.2) is 71.8 Å². The number of benzene rings is 3. The molecule has 0 fully saturated rings. The third kappa shape index (κ3) is 7.30. The number of anilines is 2. The molecule has 0 radical (unpaired) electrons. The molecule has 0 atom stereocenters. The van der Waals surface area contributed by atoms with Gasteiger partial charge in [0, 0.05) is 21.3 Å². The molecule has 0 heterocycles. The summed E-state index contributed by atoms with van der Waals surface area (Å²) in [4.78, 5) is 25.1. The number of carbonyl (C=O) groups is 2. The fourth-order valence-electron chi connectivity index (χ4n) is 3.26. The normalized spacial score (nSPS) is 11.6. The van der Waals surface area contributed by atoms with Crippen molar-refractivity contribution < 1.29 is 18.0 Å². The van der Waals surface area contributed by atoms with Crippen molar-refractivity contribution in [3.05, 3.63) is 93.5 Å². The second-order valence-electron chi connectivity index (χ2n) is 7.98. The highest BCUT2D eigenvalue weighted by atomic mass is 35.5. The molecule has 0 aromatic heterocycles. The van der Waals surface area contributed by atoms with E-state index in [2.05, 4.69) is 15.8 Å². The van der Waals surface area contributed by atoms with E-state index in [-0.39, 0.29) is 5.91 Å². The topological polar surface area (TPSA) is 108 Å². The van der Waals surface area contributed by atoms with Gasteiger partial charge < -0.3 is 5.32 Å². The number of aryl methyl sites for hydroxylation is 1. The van der Waals surface area contributed by atoms with Gasteiger partial charge in [-0.15, -0.1) is 0 Å². The van der Waals surface area contributed by atoms with Crippen molar-refractivity contribution in [1.82, 2.24) is 5.43 Å². The minimum atomic E-state index is -3.77. The van der Waals surface area contributed by atoms with Gasteiger partial charge in [0.2, 0.25) is 10.0 Å². The van der Waals surface area contributed by atoms with E-state index < -0.39 is 22.5 Å². The number of hydrazone groups is 1. The predicted molar refractivity (Wildman–Crippen MR) is 145 cm³/mol. The summed E-state index contributed by atoms with van der Waals surface area (Å²) < 4.78 is 25.7. The molecule has 11 heteroatoms. The Morgan fingerprint density at radius 2 is 1.61 bits per heavy atom. The van der Waals surface area contributed by atoms with E-state index in [1.807, 2.05) is 0 Å². The first-order valence-electron chi connectivity index (χ1n) is 10.7. The molecule has 0 spiro atoms. The predicted octanol–water partition coefficient (Wildman–Crippen LogP) is 4.86. The fourth-order valence-corrected chi connectivity index (χ4v) is 4.53. The van der Waals surface area contributed by atoms with Crippen LogP contribution in [-0.2, 0) is 14.8 Å². The van der Waals surface area contributed by atoms with Crippen LogP contribution in [-0.4, -0.2) is 38.7 Å². The first kappa shape index (κ1) is 27.2. The molecule has 0 unspecified atom stereocenters. The van der Waals surface area contributed by atoms with E-state index in [0.29, 0.717) is 43.8 Å². The van der Waals surface area contributed by atoms with E-state index >= 15 is 0 Å². The Bertz CT molecular complexity index is 1440. The van der Waals surface area contributed by atoms with Crippen LogP contribution in [0.25, 0.3) is 0 Å². The Morgan fingerprint density at radius 3 is 2.31 bits per heavy atom. The van der Waals surface area contributed by atoms with Crippen molar-refractivity contribution in [3.63, 3.8) is 0 Å². The molecule has 3 aromatic carbocycles. The molecule has 0 saturated heterocycles. The van der Waals surface area contributed by atoms with Crippen LogP contribution < -0.4 is 15.0 Å². The van der Waals surface area contributed by atoms with Gasteiger partial charge in [0.05, 0.1) is 17.7 Å². The molecule has 8 nitrogen and oxygen atoms in total. The zero-order valence-corrected chi connectivity index (χ0v) is 22.1. The summed E-state index contributed by atoms with van der Waals surface area (Å²) in [5.41, 5.74) is 5.38. The Hall–Kier alpha value is -3.40. The average molecular weight is 547 g/mol. The van der Waals surface area contributed by atoms with Crippen LogP contribution in [0.1, 0.15) is 28.4 Å². The van der Waals surface area contributed by atoms with Gasteiger partial charge in [-0.2, -0.15) is 5.10 Å². The van der Waals surface area contributed by atoms with Crippen molar-refractivity contribution >= 4 is 62.1 Å². The van der Waals surface area contributed by atoms with Crippen LogP contribution in [0.2, 0.25) is 10.0 Å². The summed E-state index contributed by atoms with van der Waals surface area (Å²) in [5, 5.41) is 7.69. The van der Waals surface area contributed by atoms with Crippen LogP contribution in [0.3, 0.4) is 0 Å². The number of carbonyl (C=O) groups excluding carboxylic acids is 2. The summed E-state index contributed by atoms with van der Waals surface area (Å²) in [6, 6.07) is 18.3. The number of amides is 2. The Morgan fingerprint density at radius 1 is 0.944 bits per heavy atom.